The molecule has 2 aromatic carbocycles. The standard InChI is InChI=1S/C22H23NO3/c1-16-12-13-18(15-25-17-8-4-3-5-9-17)26-22(14-16)19-10-6-7-11-20(19)23(2)21(22)24/h3-12,18H,13-15H2,1-2H3/t18-,22+/m0/s1. The van der Waals surface area contributed by atoms with E-state index >= 15 is 0 Å². The zero-order valence-electron chi connectivity index (χ0n) is 15.1. The summed E-state index contributed by atoms with van der Waals surface area (Å²) in [6.45, 7) is 2.48. The van der Waals surface area contributed by atoms with E-state index in [0.29, 0.717) is 13.0 Å². The second-order valence-corrected chi connectivity index (χ2v) is 7.04. The van der Waals surface area contributed by atoms with Crippen LogP contribution in [0.2, 0.25) is 0 Å². The average molecular weight is 349 g/mol. The highest BCUT2D eigenvalue weighted by atomic mass is 16.6. The van der Waals surface area contributed by atoms with Crippen molar-refractivity contribution in [1.82, 2.24) is 0 Å². The first kappa shape index (κ1) is 16.9. The molecule has 2 aromatic rings. The van der Waals surface area contributed by atoms with E-state index in [2.05, 4.69) is 13.0 Å². The van der Waals surface area contributed by atoms with Crippen molar-refractivity contribution in [1.29, 1.82) is 0 Å². The van der Waals surface area contributed by atoms with Crippen LogP contribution in [-0.2, 0) is 15.1 Å². The molecule has 4 rings (SSSR count). The molecule has 1 amide bonds. The third-order valence-corrected chi connectivity index (χ3v) is 5.15. The Hall–Kier alpha value is -2.59. The minimum atomic E-state index is -0.951. The van der Waals surface area contributed by atoms with Crippen molar-refractivity contribution >= 4 is 11.6 Å². The third kappa shape index (κ3) is 2.80. The second-order valence-electron chi connectivity index (χ2n) is 7.04. The Bertz CT molecular complexity index is 845. The van der Waals surface area contributed by atoms with Crippen LogP contribution < -0.4 is 9.64 Å². The SMILES string of the molecule is CC1=CC[C@@H](COc2ccccc2)O[C@@]2(C1)C(=O)N(C)c1ccccc12. The molecule has 0 radical (unpaired) electrons. The van der Waals surface area contributed by atoms with E-state index in [1.54, 1.807) is 4.90 Å². The quantitative estimate of drug-likeness (QED) is 0.785. The highest BCUT2D eigenvalue weighted by Crippen LogP contribution is 2.47. The van der Waals surface area contributed by atoms with Crippen molar-refractivity contribution in [3.8, 4) is 5.75 Å². The number of ether oxygens (including phenoxy) is 2. The van der Waals surface area contributed by atoms with Gasteiger partial charge in [-0.3, -0.25) is 4.79 Å². The lowest BCUT2D eigenvalue weighted by Gasteiger charge is -2.31. The molecular weight excluding hydrogens is 326 g/mol. The number of carbonyl (C=O) groups is 1. The van der Waals surface area contributed by atoms with Gasteiger partial charge in [-0.2, -0.15) is 0 Å². The molecular formula is C22H23NO3. The van der Waals surface area contributed by atoms with Crippen LogP contribution in [0.25, 0.3) is 0 Å². The number of carbonyl (C=O) groups excluding carboxylic acids is 1. The molecule has 0 saturated heterocycles. The van der Waals surface area contributed by atoms with Crippen molar-refractivity contribution in [2.45, 2.75) is 31.5 Å². The number of fused-ring (bicyclic) bond motifs is 2. The van der Waals surface area contributed by atoms with E-state index in [9.17, 15) is 4.79 Å². The number of hydrogen-bond donors (Lipinski definition) is 0. The Morgan fingerprint density at radius 2 is 1.88 bits per heavy atom. The van der Waals surface area contributed by atoms with Gasteiger partial charge in [0.2, 0.25) is 0 Å². The largest absolute Gasteiger partial charge is 0.491 e. The monoisotopic (exact) mass is 349 g/mol. The molecule has 134 valence electrons. The fourth-order valence-electron chi connectivity index (χ4n) is 3.87. The molecule has 0 saturated carbocycles. The van der Waals surface area contributed by atoms with Crippen LogP contribution >= 0.6 is 0 Å². The van der Waals surface area contributed by atoms with Crippen LogP contribution in [0.3, 0.4) is 0 Å². The number of likely N-dealkylation sites (N-methyl/N-ethyl adjacent to an activating group) is 1. The van der Waals surface area contributed by atoms with Crippen molar-refractivity contribution in [3.63, 3.8) is 0 Å². The van der Waals surface area contributed by atoms with E-state index in [1.165, 1.54) is 5.57 Å². The summed E-state index contributed by atoms with van der Waals surface area (Å²) < 4.78 is 12.4. The van der Waals surface area contributed by atoms with Crippen molar-refractivity contribution < 1.29 is 14.3 Å². The number of amides is 1. The molecule has 2 heterocycles. The summed E-state index contributed by atoms with van der Waals surface area (Å²) in [5.41, 5.74) is 2.10. The molecule has 2 atom stereocenters. The molecule has 26 heavy (non-hydrogen) atoms. The molecule has 2 aliphatic heterocycles. The third-order valence-electron chi connectivity index (χ3n) is 5.15. The van der Waals surface area contributed by atoms with Gasteiger partial charge in [0, 0.05) is 19.0 Å². The maximum atomic E-state index is 13.2. The molecule has 0 bridgehead atoms. The molecule has 4 heteroatoms. The van der Waals surface area contributed by atoms with Crippen LogP contribution in [0.4, 0.5) is 5.69 Å². The second kappa shape index (κ2) is 6.61. The smallest absolute Gasteiger partial charge is 0.264 e. The number of rotatable bonds is 3. The normalized spacial score (nSPS) is 25.0. The van der Waals surface area contributed by atoms with Gasteiger partial charge in [-0.1, -0.05) is 48.0 Å². The average Bonchev–Trinajstić information content (AvgIpc) is 2.79. The van der Waals surface area contributed by atoms with Crippen molar-refractivity contribution in [3.05, 3.63) is 71.8 Å². The van der Waals surface area contributed by atoms with Crippen LogP contribution in [0.5, 0.6) is 5.75 Å². The fraction of sp³-hybridized carbons (Fsp3) is 0.318. The number of benzene rings is 2. The Labute approximate surface area is 154 Å². The highest BCUT2D eigenvalue weighted by Gasteiger charge is 2.52. The summed E-state index contributed by atoms with van der Waals surface area (Å²) in [6.07, 6.45) is 3.30. The van der Waals surface area contributed by atoms with Gasteiger partial charge in [0.05, 0.1) is 11.8 Å². The maximum Gasteiger partial charge on any atom is 0.264 e. The summed E-state index contributed by atoms with van der Waals surface area (Å²) in [4.78, 5) is 14.9. The summed E-state index contributed by atoms with van der Waals surface area (Å²) in [5, 5.41) is 0. The summed E-state index contributed by atoms with van der Waals surface area (Å²) in [6, 6.07) is 17.6. The van der Waals surface area contributed by atoms with Gasteiger partial charge < -0.3 is 14.4 Å². The van der Waals surface area contributed by atoms with Gasteiger partial charge in [0.25, 0.3) is 5.91 Å². The highest BCUT2D eigenvalue weighted by molar-refractivity contribution is 6.06. The van der Waals surface area contributed by atoms with Crippen molar-refractivity contribution in [2.24, 2.45) is 0 Å². The van der Waals surface area contributed by atoms with Gasteiger partial charge in [0.1, 0.15) is 12.4 Å². The van der Waals surface area contributed by atoms with Gasteiger partial charge in [-0.25, -0.2) is 0 Å². The first-order chi connectivity index (χ1) is 12.6. The number of hydrogen-bond acceptors (Lipinski definition) is 3. The predicted molar refractivity (Wildman–Crippen MR) is 101 cm³/mol. The van der Waals surface area contributed by atoms with Gasteiger partial charge in [0.15, 0.2) is 5.60 Å². The topological polar surface area (TPSA) is 38.8 Å². The van der Waals surface area contributed by atoms with Crippen molar-refractivity contribution in [2.75, 3.05) is 18.6 Å². The molecule has 1 spiro atoms. The van der Waals surface area contributed by atoms with E-state index in [1.807, 2.05) is 61.6 Å². The lowest BCUT2D eigenvalue weighted by molar-refractivity contribution is -0.154. The van der Waals surface area contributed by atoms with E-state index in [4.69, 9.17) is 9.47 Å². The first-order valence-electron chi connectivity index (χ1n) is 8.99. The lowest BCUT2D eigenvalue weighted by atomic mass is 9.88. The Morgan fingerprint density at radius 1 is 1.15 bits per heavy atom. The molecule has 0 aliphatic carbocycles. The van der Waals surface area contributed by atoms with Gasteiger partial charge in [-0.15, -0.1) is 0 Å². The minimum Gasteiger partial charge on any atom is -0.491 e. The summed E-state index contributed by atoms with van der Waals surface area (Å²) >= 11 is 0. The summed E-state index contributed by atoms with van der Waals surface area (Å²) in [5.74, 6) is 0.809. The Morgan fingerprint density at radius 3 is 2.69 bits per heavy atom. The molecule has 4 nitrogen and oxygen atoms in total. The van der Waals surface area contributed by atoms with Crippen LogP contribution in [0, 0.1) is 0 Å². The van der Waals surface area contributed by atoms with Gasteiger partial charge in [-0.05, 0) is 31.5 Å². The predicted octanol–water partition coefficient (Wildman–Crippen LogP) is 4.06. The zero-order chi connectivity index (χ0) is 18.1. The van der Waals surface area contributed by atoms with Gasteiger partial charge >= 0.3 is 0 Å². The molecule has 2 aliphatic rings. The molecule has 0 fully saturated rings. The Kier molecular flexibility index (Phi) is 4.29. The van der Waals surface area contributed by atoms with E-state index in [-0.39, 0.29) is 12.0 Å². The lowest BCUT2D eigenvalue weighted by Crippen LogP contribution is -2.44. The molecule has 0 N–H and O–H groups in total. The van der Waals surface area contributed by atoms with Crippen LogP contribution in [-0.4, -0.2) is 25.7 Å². The number of para-hydroxylation sites is 2. The van der Waals surface area contributed by atoms with E-state index < -0.39 is 5.60 Å². The fourth-order valence-corrected chi connectivity index (χ4v) is 3.87. The number of nitrogens with zero attached hydrogens (tertiary/aromatic N) is 1. The van der Waals surface area contributed by atoms with Crippen LogP contribution in [0.15, 0.2) is 66.2 Å². The molecule has 0 unspecified atom stereocenters. The minimum absolute atomic E-state index is 0.00180. The maximum absolute atomic E-state index is 13.2. The molecule has 0 aromatic heterocycles. The first-order valence-corrected chi connectivity index (χ1v) is 8.99. The van der Waals surface area contributed by atoms with Crippen LogP contribution in [0.1, 0.15) is 25.3 Å². The van der Waals surface area contributed by atoms with E-state index in [0.717, 1.165) is 23.4 Å². The summed E-state index contributed by atoms with van der Waals surface area (Å²) in [7, 11) is 1.82. The number of anilines is 1. The zero-order valence-corrected chi connectivity index (χ0v) is 15.1. The Balaban J connectivity index is 1.64.